The van der Waals surface area contributed by atoms with E-state index in [2.05, 4.69) is 13.2 Å². The van der Waals surface area contributed by atoms with Crippen LogP contribution in [-0.4, -0.2) is 32.4 Å². The van der Waals surface area contributed by atoms with Crippen molar-refractivity contribution in [1.82, 2.24) is 4.31 Å². The van der Waals surface area contributed by atoms with Crippen LogP contribution >= 0.6 is 11.6 Å². The quantitative estimate of drug-likeness (QED) is 0.693. The molecule has 0 saturated carbocycles. The van der Waals surface area contributed by atoms with Crippen LogP contribution in [0.15, 0.2) is 48.4 Å². The van der Waals surface area contributed by atoms with Gasteiger partial charge in [-0.1, -0.05) is 23.8 Å². The van der Waals surface area contributed by atoms with Gasteiger partial charge >= 0.3 is 0 Å². The van der Waals surface area contributed by atoms with Crippen LogP contribution in [0.1, 0.15) is 6.92 Å². The molecule has 20 heavy (non-hydrogen) atoms. The molecule has 0 amide bonds. The Labute approximate surface area is 125 Å². The zero-order chi connectivity index (χ0) is 15.2. The Morgan fingerprint density at radius 2 is 1.90 bits per heavy atom. The summed E-state index contributed by atoms with van der Waals surface area (Å²) in [5, 5.41) is 0.379. The first-order chi connectivity index (χ1) is 9.47. The third-order valence-electron chi connectivity index (χ3n) is 2.51. The van der Waals surface area contributed by atoms with Gasteiger partial charge < -0.3 is 4.74 Å². The maximum Gasteiger partial charge on any atom is 0.243 e. The Balaban J connectivity index is 3.22. The minimum Gasteiger partial charge on any atom is -0.492 e. The molecule has 0 aliphatic carbocycles. The summed E-state index contributed by atoms with van der Waals surface area (Å²) >= 11 is 5.96. The largest absolute Gasteiger partial charge is 0.492 e. The molecule has 0 unspecified atom stereocenters. The van der Waals surface area contributed by atoms with E-state index < -0.39 is 10.0 Å². The van der Waals surface area contributed by atoms with Crippen LogP contribution in [0.2, 0.25) is 5.02 Å². The number of nitrogens with zero attached hydrogens (tertiary/aromatic N) is 1. The van der Waals surface area contributed by atoms with Crippen molar-refractivity contribution in [2.24, 2.45) is 0 Å². The Bertz CT molecular complexity index is 574. The van der Waals surface area contributed by atoms with E-state index in [9.17, 15) is 8.42 Å². The highest BCUT2D eigenvalue weighted by atomic mass is 35.5. The third kappa shape index (κ3) is 3.85. The fourth-order valence-electron chi connectivity index (χ4n) is 1.62. The van der Waals surface area contributed by atoms with Crippen molar-refractivity contribution in [2.45, 2.75) is 11.8 Å². The van der Waals surface area contributed by atoms with E-state index in [1.807, 2.05) is 0 Å². The molecule has 1 aromatic rings. The molecule has 0 N–H and O–H groups in total. The van der Waals surface area contributed by atoms with Gasteiger partial charge in [0.05, 0.1) is 16.5 Å². The van der Waals surface area contributed by atoms with Crippen LogP contribution in [0.3, 0.4) is 0 Å². The van der Waals surface area contributed by atoms with Gasteiger partial charge in [-0.15, -0.1) is 13.2 Å². The summed E-state index contributed by atoms with van der Waals surface area (Å²) < 4.78 is 31.6. The summed E-state index contributed by atoms with van der Waals surface area (Å²) in [5.41, 5.74) is 0. The van der Waals surface area contributed by atoms with Crippen molar-refractivity contribution in [3.05, 3.63) is 48.5 Å². The van der Waals surface area contributed by atoms with Crippen molar-refractivity contribution in [2.75, 3.05) is 19.7 Å². The van der Waals surface area contributed by atoms with Crippen LogP contribution in [0.25, 0.3) is 0 Å². The lowest BCUT2D eigenvalue weighted by Crippen LogP contribution is -2.31. The molecule has 1 rings (SSSR count). The fourth-order valence-corrected chi connectivity index (χ4v) is 3.19. The summed E-state index contributed by atoms with van der Waals surface area (Å²) in [6.45, 7) is 9.76. The van der Waals surface area contributed by atoms with Crippen molar-refractivity contribution in [1.29, 1.82) is 0 Å². The lowest BCUT2D eigenvalue weighted by Gasteiger charge is -2.19. The average Bonchev–Trinajstić information content (AvgIpc) is 2.41. The molecule has 6 heteroatoms. The number of hydrogen-bond acceptors (Lipinski definition) is 3. The third-order valence-corrected chi connectivity index (χ3v) is 4.65. The van der Waals surface area contributed by atoms with Gasteiger partial charge in [-0.25, -0.2) is 8.42 Å². The van der Waals surface area contributed by atoms with E-state index in [0.29, 0.717) is 17.4 Å². The van der Waals surface area contributed by atoms with Crippen molar-refractivity contribution >= 4 is 21.6 Å². The molecule has 0 bridgehead atoms. The second-order valence-electron chi connectivity index (χ2n) is 3.92. The second kappa shape index (κ2) is 7.47. The van der Waals surface area contributed by atoms with E-state index >= 15 is 0 Å². The molecule has 0 aliphatic heterocycles. The molecule has 110 valence electrons. The number of halogens is 1. The first-order valence-electron chi connectivity index (χ1n) is 6.11. The van der Waals surface area contributed by atoms with Crippen LogP contribution in [0.4, 0.5) is 0 Å². The molecule has 4 nitrogen and oxygen atoms in total. The Kier molecular flexibility index (Phi) is 6.26. The molecule has 0 spiro atoms. The first kappa shape index (κ1) is 16.8. The topological polar surface area (TPSA) is 46.6 Å². The van der Waals surface area contributed by atoms with E-state index in [-0.39, 0.29) is 18.0 Å². The average molecular weight is 316 g/mol. The lowest BCUT2D eigenvalue weighted by molar-refractivity contribution is 0.339. The zero-order valence-corrected chi connectivity index (χ0v) is 13.0. The van der Waals surface area contributed by atoms with Gasteiger partial charge in [0.15, 0.2) is 0 Å². The first-order valence-corrected chi connectivity index (χ1v) is 7.93. The number of rotatable bonds is 8. The van der Waals surface area contributed by atoms with Crippen molar-refractivity contribution in [3.63, 3.8) is 0 Å². The van der Waals surface area contributed by atoms with E-state index in [0.717, 1.165) is 0 Å². The SMILES string of the molecule is C=CCN(CC=C)S(=O)(=O)c1ccc(Cl)c(OCC)c1. The van der Waals surface area contributed by atoms with Crippen LogP contribution in [0, 0.1) is 0 Å². The molecule has 0 heterocycles. The maximum absolute atomic E-state index is 12.5. The second-order valence-corrected chi connectivity index (χ2v) is 6.27. The van der Waals surface area contributed by atoms with Crippen LogP contribution in [0.5, 0.6) is 5.75 Å². The minimum atomic E-state index is -3.63. The predicted molar refractivity (Wildman–Crippen MR) is 81.8 cm³/mol. The smallest absolute Gasteiger partial charge is 0.243 e. The summed E-state index contributed by atoms with van der Waals surface area (Å²) in [6, 6.07) is 4.40. The fraction of sp³-hybridized carbons (Fsp3) is 0.286. The van der Waals surface area contributed by atoms with Crippen LogP contribution in [-0.2, 0) is 10.0 Å². The number of sulfonamides is 1. The Hall–Kier alpha value is -1.30. The van der Waals surface area contributed by atoms with Gasteiger partial charge in [-0.05, 0) is 19.1 Å². The van der Waals surface area contributed by atoms with E-state index in [1.165, 1.54) is 34.7 Å². The highest BCUT2D eigenvalue weighted by Gasteiger charge is 2.23. The maximum atomic E-state index is 12.5. The Morgan fingerprint density at radius 1 is 1.30 bits per heavy atom. The molecule has 0 aromatic heterocycles. The van der Waals surface area contributed by atoms with Gasteiger partial charge in [-0.2, -0.15) is 4.31 Å². The summed E-state index contributed by atoms with van der Waals surface area (Å²) in [6.07, 6.45) is 3.06. The van der Waals surface area contributed by atoms with Crippen LogP contribution < -0.4 is 4.74 Å². The van der Waals surface area contributed by atoms with E-state index in [4.69, 9.17) is 16.3 Å². The molecular weight excluding hydrogens is 298 g/mol. The summed E-state index contributed by atoms with van der Waals surface area (Å²) in [5.74, 6) is 0.354. The number of hydrogen-bond donors (Lipinski definition) is 0. The van der Waals surface area contributed by atoms with Gasteiger partial charge in [0, 0.05) is 19.2 Å². The summed E-state index contributed by atoms with van der Waals surface area (Å²) in [7, 11) is -3.63. The van der Waals surface area contributed by atoms with Crippen molar-refractivity contribution < 1.29 is 13.2 Å². The normalized spacial score (nSPS) is 11.3. The minimum absolute atomic E-state index is 0.133. The summed E-state index contributed by atoms with van der Waals surface area (Å²) in [4.78, 5) is 0.133. The molecule has 0 fully saturated rings. The highest BCUT2D eigenvalue weighted by molar-refractivity contribution is 7.89. The van der Waals surface area contributed by atoms with Crippen molar-refractivity contribution in [3.8, 4) is 5.75 Å². The monoisotopic (exact) mass is 315 g/mol. The molecule has 1 aromatic carbocycles. The molecule has 0 aliphatic rings. The standard InChI is InChI=1S/C14H18ClNO3S/c1-4-9-16(10-5-2)20(17,18)12-7-8-13(15)14(11-12)19-6-3/h4-5,7-8,11H,1-2,6,9-10H2,3H3. The Morgan fingerprint density at radius 3 is 2.40 bits per heavy atom. The number of benzene rings is 1. The van der Waals surface area contributed by atoms with Gasteiger partial charge in [0.1, 0.15) is 5.75 Å². The molecule has 0 radical (unpaired) electrons. The van der Waals surface area contributed by atoms with Gasteiger partial charge in [0.25, 0.3) is 0 Å². The molecule has 0 saturated heterocycles. The molecular formula is C14H18ClNO3S. The van der Waals surface area contributed by atoms with Gasteiger partial charge in [-0.3, -0.25) is 0 Å². The number of ether oxygens (including phenoxy) is 1. The van der Waals surface area contributed by atoms with Gasteiger partial charge in [0.2, 0.25) is 10.0 Å². The predicted octanol–water partition coefficient (Wildman–Crippen LogP) is 3.10. The highest BCUT2D eigenvalue weighted by Crippen LogP contribution is 2.28. The van der Waals surface area contributed by atoms with E-state index in [1.54, 1.807) is 6.92 Å². The zero-order valence-electron chi connectivity index (χ0n) is 11.4. The molecule has 0 atom stereocenters. The lowest BCUT2D eigenvalue weighted by atomic mass is 10.3.